The molecule has 1 aromatic carbocycles. The van der Waals surface area contributed by atoms with Gasteiger partial charge in [-0.1, -0.05) is 12.1 Å². The van der Waals surface area contributed by atoms with Crippen molar-refractivity contribution in [3.8, 4) is 5.75 Å². The molecule has 0 aromatic heterocycles. The monoisotopic (exact) mass is 277 g/mol. The lowest BCUT2D eigenvalue weighted by atomic mass is 10.1. The Labute approximate surface area is 104 Å². The van der Waals surface area contributed by atoms with Gasteiger partial charge in [0.1, 0.15) is 5.75 Å². The fourth-order valence-corrected chi connectivity index (χ4v) is 1.73. The zero-order valence-electron chi connectivity index (χ0n) is 9.57. The number of carbonyl (C=O) groups is 1. The van der Waals surface area contributed by atoms with Crippen LogP contribution in [0.1, 0.15) is 16.7 Å². The molecule has 17 heavy (non-hydrogen) atoms. The van der Waals surface area contributed by atoms with Crippen LogP contribution < -0.4 is 9.46 Å². The molecule has 0 aliphatic rings. The molecule has 0 radical (unpaired) electrons. The van der Waals surface area contributed by atoms with E-state index in [-0.39, 0.29) is 0 Å². The third-order valence-corrected chi connectivity index (χ3v) is 2.92. The molecule has 5 nitrogen and oxygen atoms in total. The van der Waals surface area contributed by atoms with Crippen LogP contribution in [-0.4, -0.2) is 14.5 Å². The lowest BCUT2D eigenvalue weighted by Gasteiger charge is -2.11. The van der Waals surface area contributed by atoms with Crippen molar-refractivity contribution in [2.24, 2.45) is 0 Å². The average molecular weight is 278 g/mol. The van der Waals surface area contributed by atoms with Crippen molar-refractivity contribution in [3.05, 3.63) is 28.8 Å². The quantitative estimate of drug-likeness (QED) is 0.841. The molecule has 7 heteroatoms. The summed E-state index contributed by atoms with van der Waals surface area (Å²) in [5, 5.41) is 0. The van der Waals surface area contributed by atoms with Crippen LogP contribution >= 0.6 is 10.7 Å². The Hall–Kier alpha value is -1.27. The Bertz CT molecular complexity index is 554. The van der Waals surface area contributed by atoms with Gasteiger partial charge in [0, 0.05) is 10.7 Å². The molecular weight excluding hydrogens is 266 g/mol. The van der Waals surface area contributed by atoms with Crippen molar-refractivity contribution in [2.75, 3.05) is 0 Å². The number of ether oxygens (including phenoxy) is 1. The highest BCUT2D eigenvalue weighted by Gasteiger charge is 2.15. The maximum absolute atomic E-state index is 11.2. The summed E-state index contributed by atoms with van der Waals surface area (Å²) in [6.45, 7) is 5.39. The zero-order valence-corrected chi connectivity index (χ0v) is 11.1. The summed E-state index contributed by atoms with van der Waals surface area (Å²) in [7, 11) is 0.734. The van der Waals surface area contributed by atoms with Gasteiger partial charge in [-0.2, -0.15) is 8.42 Å². The number of amides is 1. The normalized spacial score (nSPS) is 11.1. The molecule has 0 fully saturated rings. The topological polar surface area (TPSA) is 72.5 Å². The Kier molecular flexibility index (Phi) is 4.00. The number of rotatable bonds is 2. The van der Waals surface area contributed by atoms with Crippen LogP contribution in [0.4, 0.5) is 4.79 Å². The highest BCUT2D eigenvalue weighted by atomic mass is 35.7. The molecule has 0 heterocycles. The van der Waals surface area contributed by atoms with E-state index in [9.17, 15) is 13.2 Å². The van der Waals surface area contributed by atoms with Crippen molar-refractivity contribution in [1.29, 1.82) is 0 Å². The van der Waals surface area contributed by atoms with E-state index in [2.05, 4.69) is 0 Å². The lowest BCUT2D eigenvalue weighted by Crippen LogP contribution is -2.30. The van der Waals surface area contributed by atoms with Crippen molar-refractivity contribution in [1.82, 2.24) is 4.72 Å². The van der Waals surface area contributed by atoms with E-state index in [1.807, 2.05) is 13.0 Å². The fourth-order valence-electron chi connectivity index (χ4n) is 1.30. The van der Waals surface area contributed by atoms with E-state index in [1.54, 1.807) is 19.9 Å². The summed E-state index contributed by atoms with van der Waals surface area (Å²) in [6.07, 6.45) is -1.13. The first-order chi connectivity index (χ1) is 7.70. The molecule has 1 amide bonds. The molecule has 0 atom stereocenters. The highest BCUT2D eigenvalue weighted by molar-refractivity contribution is 8.12. The molecule has 1 aromatic rings. The van der Waals surface area contributed by atoms with Gasteiger partial charge in [0.25, 0.3) is 0 Å². The van der Waals surface area contributed by atoms with E-state index in [4.69, 9.17) is 15.4 Å². The van der Waals surface area contributed by atoms with Crippen LogP contribution in [0.5, 0.6) is 5.75 Å². The first-order valence-electron chi connectivity index (χ1n) is 4.71. The number of aryl methyl sites for hydroxylation is 2. The van der Waals surface area contributed by atoms with Gasteiger partial charge >= 0.3 is 15.3 Å². The number of hydrogen-bond donors (Lipinski definition) is 1. The Morgan fingerprint density at radius 3 is 2.29 bits per heavy atom. The van der Waals surface area contributed by atoms with Crippen LogP contribution in [-0.2, 0) is 9.24 Å². The van der Waals surface area contributed by atoms with Gasteiger partial charge in [-0.25, -0.2) is 9.52 Å². The SMILES string of the molecule is Cc1ccc(C)c(OC(=O)NS(=O)(=O)Cl)c1C. The summed E-state index contributed by atoms with van der Waals surface area (Å²) in [6, 6.07) is 3.66. The van der Waals surface area contributed by atoms with Crippen molar-refractivity contribution in [3.63, 3.8) is 0 Å². The second-order valence-corrected chi connectivity index (χ2v) is 5.88. The van der Waals surface area contributed by atoms with Gasteiger partial charge in [0.2, 0.25) is 0 Å². The Morgan fingerprint density at radius 1 is 1.24 bits per heavy atom. The minimum Gasteiger partial charge on any atom is -0.409 e. The lowest BCUT2D eigenvalue weighted by molar-refractivity contribution is 0.206. The van der Waals surface area contributed by atoms with E-state index in [0.717, 1.165) is 16.7 Å². The summed E-state index contributed by atoms with van der Waals surface area (Å²) in [5.74, 6) is 0.336. The molecule has 0 aliphatic carbocycles. The molecule has 0 spiro atoms. The third-order valence-electron chi connectivity index (χ3n) is 2.27. The van der Waals surface area contributed by atoms with Gasteiger partial charge in [-0.05, 0) is 37.5 Å². The maximum Gasteiger partial charge on any atom is 0.427 e. The van der Waals surface area contributed by atoms with Crippen molar-refractivity contribution in [2.45, 2.75) is 20.8 Å². The van der Waals surface area contributed by atoms with Gasteiger partial charge in [-0.15, -0.1) is 0 Å². The highest BCUT2D eigenvalue weighted by Crippen LogP contribution is 2.25. The number of carbonyl (C=O) groups excluding carboxylic acids is 1. The maximum atomic E-state index is 11.2. The second kappa shape index (κ2) is 4.93. The van der Waals surface area contributed by atoms with Gasteiger partial charge < -0.3 is 4.74 Å². The van der Waals surface area contributed by atoms with Crippen LogP contribution in [0.2, 0.25) is 0 Å². The van der Waals surface area contributed by atoms with Crippen LogP contribution in [0, 0.1) is 20.8 Å². The van der Waals surface area contributed by atoms with Crippen molar-refractivity contribution >= 4 is 26.0 Å². The van der Waals surface area contributed by atoms with Gasteiger partial charge in [0.05, 0.1) is 0 Å². The molecular formula is C10H12ClNO4S. The van der Waals surface area contributed by atoms with E-state index >= 15 is 0 Å². The summed E-state index contributed by atoms with van der Waals surface area (Å²) < 4.78 is 27.7. The molecule has 94 valence electrons. The van der Waals surface area contributed by atoms with E-state index in [1.165, 1.54) is 4.72 Å². The van der Waals surface area contributed by atoms with Crippen molar-refractivity contribution < 1.29 is 17.9 Å². The minimum absolute atomic E-state index is 0.336. The zero-order chi connectivity index (χ0) is 13.2. The average Bonchev–Trinajstić information content (AvgIpc) is 2.16. The Balaban J connectivity index is 2.97. The number of hydrogen-bond acceptors (Lipinski definition) is 4. The molecule has 0 bridgehead atoms. The summed E-state index contributed by atoms with van der Waals surface area (Å²) in [4.78, 5) is 11.2. The molecule has 0 unspecified atom stereocenters. The third kappa shape index (κ3) is 3.90. The molecule has 1 N–H and O–H groups in total. The fraction of sp³-hybridized carbons (Fsp3) is 0.300. The van der Waals surface area contributed by atoms with E-state index in [0.29, 0.717) is 5.75 Å². The largest absolute Gasteiger partial charge is 0.427 e. The number of halogens is 1. The molecule has 1 rings (SSSR count). The Morgan fingerprint density at radius 2 is 1.76 bits per heavy atom. The molecule has 0 saturated heterocycles. The minimum atomic E-state index is -4.13. The molecule has 0 aliphatic heterocycles. The number of nitrogens with one attached hydrogen (secondary N) is 1. The van der Waals surface area contributed by atoms with E-state index < -0.39 is 15.3 Å². The van der Waals surface area contributed by atoms with Gasteiger partial charge in [-0.3, -0.25) is 0 Å². The predicted molar refractivity (Wildman–Crippen MR) is 64.6 cm³/mol. The number of benzene rings is 1. The second-order valence-electron chi connectivity index (χ2n) is 3.58. The smallest absolute Gasteiger partial charge is 0.409 e. The standard InChI is InChI=1S/C10H12ClNO4S/c1-6-4-5-7(2)9(8(6)3)16-10(13)12-17(11,14)15/h4-5H,1-3H3,(H,12,13). The summed E-state index contributed by atoms with van der Waals surface area (Å²) >= 11 is 0. The van der Waals surface area contributed by atoms with Crippen LogP contribution in [0.25, 0.3) is 0 Å². The van der Waals surface area contributed by atoms with Gasteiger partial charge in [0.15, 0.2) is 0 Å². The summed E-state index contributed by atoms with van der Waals surface area (Å²) in [5.41, 5.74) is 2.44. The molecule has 0 saturated carbocycles. The first-order valence-corrected chi connectivity index (χ1v) is 7.02. The predicted octanol–water partition coefficient (Wildman–Crippen LogP) is 2.18. The van der Waals surface area contributed by atoms with Crippen LogP contribution in [0.3, 0.4) is 0 Å². The first kappa shape index (κ1) is 13.8. The van der Waals surface area contributed by atoms with Crippen LogP contribution in [0.15, 0.2) is 12.1 Å².